The second kappa shape index (κ2) is 7.60. The summed E-state index contributed by atoms with van der Waals surface area (Å²) >= 11 is 0. The van der Waals surface area contributed by atoms with Crippen LogP contribution in [0.3, 0.4) is 0 Å². The van der Waals surface area contributed by atoms with Crippen LogP contribution < -0.4 is 4.74 Å². The minimum absolute atomic E-state index is 0.223. The summed E-state index contributed by atoms with van der Waals surface area (Å²) in [6, 6.07) is 6.31. The molecule has 1 aromatic carbocycles. The van der Waals surface area contributed by atoms with E-state index in [4.69, 9.17) is 4.74 Å². The van der Waals surface area contributed by atoms with Crippen molar-refractivity contribution in [3.63, 3.8) is 0 Å². The summed E-state index contributed by atoms with van der Waals surface area (Å²) in [4.78, 5) is 14.9. The lowest BCUT2D eigenvalue weighted by Crippen LogP contribution is -2.37. The summed E-state index contributed by atoms with van der Waals surface area (Å²) in [5, 5.41) is 0. The number of nitrogens with zero attached hydrogens (tertiary/aromatic N) is 1. The number of Topliss-reactive ketones (excluding diaryl/α,β-unsaturated/α-hetero) is 1. The van der Waals surface area contributed by atoms with Crippen LogP contribution in [0.2, 0.25) is 0 Å². The van der Waals surface area contributed by atoms with E-state index in [0.717, 1.165) is 50.1 Å². The van der Waals surface area contributed by atoms with Crippen LogP contribution in [-0.4, -0.2) is 36.4 Å². The van der Waals surface area contributed by atoms with Crippen molar-refractivity contribution in [2.24, 2.45) is 0 Å². The van der Waals surface area contributed by atoms with Crippen molar-refractivity contribution in [3.05, 3.63) is 29.3 Å². The standard InChI is InChI=1S/C18H27NO2/c1-4-6-10-19(14(3)5-2)13-17(20)15-7-8-18-16(12-15)9-11-21-18/h7-8,12,14H,4-6,9-11,13H2,1-3H3. The van der Waals surface area contributed by atoms with Crippen molar-refractivity contribution >= 4 is 5.78 Å². The van der Waals surface area contributed by atoms with Crippen molar-refractivity contribution in [1.82, 2.24) is 4.90 Å². The van der Waals surface area contributed by atoms with E-state index in [1.807, 2.05) is 18.2 Å². The molecule has 0 saturated carbocycles. The van der Waals surface area contributed by atoms with Crippen LogP contribution >= 0.6 is 0 Å². The normalized spacial score (nSPS) is 14.9. The number of hydrogen-bond acceptors (Lipinski definition) is 3. The van der Waals surface area contributed by atoms with Crippen LogP contribution in [0.4, 0.5) is 0 Å². The molecule has 21 heavy (non-hydrogen) atoms. The minimum Gasteiger partial charge on any atom is -0.493 e. The fraction of sp³-hybridized carbons (Fsp3) is 0.611. The van der Waals surface area contributed by atoms with E-state index in [0.29, 0.717) is 12.6 Å². The first-order valence-electron chi connectivity index (χ1n) is 8.18. The molecule has 0 aliphatic carbocycles. The van der Waals surface area contributed by atoms with Gasteiger partial charge in [-0.15, -0.1) is 0 Å². The zero-order valence-electron chi connectivity index (χ0n) is 13.5. The van der Waals surface area contributed by atoms with Crippen LogP contribution in [-0.2, 0) is 6.42 Å². The van der Waals surface area contributed by atoms with Gasteiger partial charge >= 0.3 is 0 Å². The fourth-order valence-corrected chi connectivity index (χ4v) is 2.71. The maximum Gasteiger partial charge on any atom is 0.176 e. The Bertz CT molecular complexity index is 484. The maximum absolute atomic E-state index is 12.6. The first kappa shape index (κ1) is 16.0. The molecular formula is C18H27NO2. The van der Waals surface area contributed by atoms with Crippen molar-refractivity contribution in [1.29, 1.82) is 0 Å². The second-order valence-corrected chi connectivity index (χ2v) is 5.93. The van der Waals surface area contributed by atoms with Gasteiger partial charge in [-0.1, -0.05) is 20.3 Å². The summed E-state index contributed by atoms with van der Waals surface area (Å²) in [6.45, 7) is 8.85. The van der Waals surface area contributed by atoms with Crippen LogP contribution in [0.5, 0.6) is 5.75 Å². The highest BCUT2D eigenvalue weighted by Gasteiger charge is 2.19. The Morgan fingerprint density at radius 1 is 1.38 bits per heavy atom. The van der Waals surface area contributed by atoms with E-state index in [9.17, 15) is 4.79 Å². The predicted octanol–water partition coefficient (Wildman–Crippen LogP) is 3.70. The van der Waals surface area contributed by atoms with Gasteiger partial charge in [-0.25, -0.2) is 0 Å². The molecule has 3 nitrogen and oxygen atoms in total. The molecule has 0 spiro atoms. The smallest absolute Gasteiger partial charge is 0.176 e. The van der Waals surface area contributed by atoms with Crippen LogP contribution in [0, 0.1) is 0 Å². The average molecular weight is 289 g/mol. The highest BCUT2D eigenvalue weighted by Crippen LogP contribution is 2.26. The van der Waals surface area contributed by atoms with Gasteiger partial charge in [-0.05, 0) is 50.1 Å². The molecule has 0 radical (unpaired) electrons. The number of benzene rings is 1. The molecule has 1 unspecified atom stereocenters. The average Bonchev–Trinajstić information content (AvgIpc) is 2.97. The number of ether oxygens (including phenoxy) is 1. The number of rotatable bonds is 8. The Hall–Kier alpha value is -1.35. The second-order valence-electron chi connectivity index (χ2n) is 5.93. The van der Waals surface area contributed by atoms with E-state index in [2.05, 4.69) is 25.7 Å². The van der Waals surface area contributed by atoms with Gasteiger partial charge in [0, 0.05) is 18.0 Å². The molecule has 0 N–H and O–H groups in total. The van der Waals surface area contributed by atoms with Crippen LogP contribution in [0.1, 0.15) is 56.0 Å². The summed E-state index contributed by atoms with van der Waals surface area (Å²) in [6.07, 6.45) is 4.31. The molecule has 3 heteroatoms. The Morgan fingerprint density at radius 2 is 2.19 bits per heavy atom. The van der Waals surface area contributed by atoms with E-state index >= 15 is 0 Å². The predicted molar refractivity (Wildman–Crippen MR) is 86.2 cm³/mol. The van der Waals surface area contributed by atoms with Crippen molar-refractivity contribution < 1.29 is 9.53 Å². The minimum atomic E-state index is 0.223. The third-order valence-electron chi connectivity index (χ3n) is 4.37. The largest absolute Gasteiger partial charge is 0.493 e. The molecule has 0 saturated heterocycles. The third kappa shape index (κ3) is 4.07. The Labute approximate surface area is 128 Å². The molecule has 0 amide bonds. The SMILES string of the molecule is CCCCN(CC(=O)c1ccc2c(c1)CCO2)C(C)CC. The summed E-state index contributed by atoms with van der Waals surface area (Å²) in [5.74, 6) is 1.16. The molecule has 1 atom stereocenters. The number of unbranched alkanes of at least 4 members (excludes halogenated alkanes) is 1. The molecule has 1 aliphatic heterocycles. The molecule has 1 heterocycles. The Balaban J connectivity index is 2.04. The van der Waals surface area contributed by atoms with Crippen LogP contribution in [0.25, 0.3) is 0 Å². The molecule has 1 aromatic rings. The summed E-state index contributed by atoms with van der Waals surface area (Å²) in [5.41, 5.74) is 1.99. The molecular weight excluding hydrogens is 262 g/mol. The number of carbonyl (C=O) groups excluding carboxylic acids is 1. The van der Waals surface area contributed by atoms with Gasteiger partial charge in [0.2, 0.25) is 0 Å². The first-order chi connectivity index (χ1) is 10.2. The molecule has 0 bridgehead atoms. The topological polar surface area (TPSA) is 29.5 Å². The Morgan fingerprint density at radius 3 is 2.90 bits per heavy atom. The van der Waals surface area contributed by atoms with Gasteiger partial charge < -0.3 is 4.74 Å². The van der Waals surface area contributed by atoms with Crippen molar-refractivity contribution in [2.45, 2.75) is 52.5 Å². The monoisotopic (exact) mass is 289 g/mol. The highest BCUT2D eigenvalue weighted by atomic mass is 16.5. The maximum atomic E-state index is 12.6. The molecule has 1 aliphatic rings. The number of hydrogen-bond donors (Lipinski definition) is 0. The quantitative estimate of drug-likeness (QED) is 0.683. The number of fused-ring (bicyclic) bond motifs is 1. The van der Waals surface area contributed by atoms with E-state index < -0.39 is 0 Å². The van der Waals surface area contributed by atoms with Gasteiger partial charge in [-0.3, -0.25) is 9.69 Å². The fourth-order valence-electron chi connectivity index (χ4n) is 2.71. The van der Waals surface area contributed by atoms with E-state index in [-0.39, 0.29) is 5.78 Å². The van der Waals surface area contributed by atoms with Gasteiger partial charge in [-0.2, -0.15) is 0 Å². The van der Waals surface area contributed by atoms with Gasteiger partial charge in [0.25, 0.3) is 0 Å². The van der Waals surface area contributed by atoms with Gasteiger partial charge in [0.15, 0.2) is 5.78 Å². The summed E-state index contributed by atoms with van der Waals surface area (Å²) in [7, 11) is 0. The lowest BCUT2D eigenvalue weighted by molar-refractivity contribution is 0.0894. The molecule has 116 valence electrons. The lowest BCUT2D eigenvalue weighted by atomic mass is 10.0. The zero-order chi connectivity index (χ0) is 15.2. The van der Waals surface area contributed by atoms with Crippen molar-refractivity contribution in [2.75, 3.05) is 19.7 Å². The van der Waals surface area contributed by atoms with Crippen LogP contribution in [0.15, 0.2) is 18.2 Å². The van der Waals surface area contributed by atoms with E-state index in [1.165, 1.54) is 5.56 Å². The highest BCUT2D eigenvalue weighted by molar-refractivity contribution is 5.98. The molecule has 0 aromatic heterocycles. The van der Waals surface area contributed by atoms with Crippen molar-refractivity contribution in [3.8, 4) is 5.75 Å². The van der Waals surface area contributed by atoms with Gasteiger partial charge in [0.1, 0.15) is 5.75 Å². The molecule has 2 rings (SSSR count). The lowest BCUT2D eigenvalue weighted by Gasteiger charge is -2.27. The third-order valence-corrected chi connectivity index (χ3v) is 4.37. The first-order valence-corrected chi connectivity index (χ1v) is 8.18. The Kier molecular flexibility index (Phi) is 5.80. The zero-order valence-corrected chi connectivity index (χ0v) is 13.5. The van der Waals surface area contributed by atoms with Gasteiger partial charge in [0.05, 0.1) is 13.2 Å². The summed E-state index contributed by atoms with van der Waals surface area (Å²) < 4.78 is 5.50. The molecule has 0 fully saturated rings. The number of ketones is 1. The van der Waals surface area contributed by atoms with E-state index in [1.54, 1.807) is 0 Å². The number of carbonyl (C=O) groups is 1.